The van der Waals surface area contributed by atoms with E-state index in [0.717, 1.165) is 11.1 Å². The molecule has 13 heavy (non-hydrogen) atoms. The SMILES string of the molecule is C=CCc1ccc(C)cc1S(=O)O. The molecule has 0 saturated heterocycles. The third kappa shape index (κ3) is 2.50. The zero-order valence-corrected chi connectivity index (χ0v) is 8.30. The largest absolute Gasteiger partial charge is 0.302 e. The van der Waals surface area contributed by atoms with Gasteiger partial charge in [0.15, 0.2) is 11.1 Å². The highest BCUT2D eigenvalue weighted by molar-refractivity contribution is 7.79. The molecule has 0 radical (unpaired) electrons. The molecule has 0 amide bonds. The van der Waals surface area contributed by atoms with Gasteiger partial charge in [-0.25, -0.2) is 4.21 Å². The lowest BCUT2D eigenvalue weighted by atomic mass is 10.1. The second-order valence-corrected chi connectivity index (χ2v) is 3.79. The molecule has 0 fully saturated rings. The predicted octanol–water partition coefficient (Wildman–Crippen LogP) is 2.30. The summed E-state index contributed by atoms with van der Waals surface area (Å²) in [7, 11) is 0. The van der Waals surface area contributed by atoms with Gasteiger partial charge in [0, 0.05) is 0 Å². The molecule has 3 heteroatoms. The van der Waals surface area contributed by atoms with E-state index in [4.69, 9.17) is 4.55 Å². The smallest absolute Gasteiger partial charge is 0.186 e. The first-order valence-electron chi connectivity index (χ1n) is 3.96. The second-order valence-electron chi connectivity index (χ2n) is 2.85. The minimum atomic E-state index is -1.90. The molecule has 1 atom stereocenters. The van der Waals surface area contributed by atoms with E-state index >= 15 is 0 Å². The van der Waals surface area contributed by atoms with E-state index in [1.807, 2.05) is 19.1 Å². The van der Waals surface area contributed by atoms with Gasteiger partial charge in [0.1, 0.15) is 0 Å². The summed E-state index contributed by atoms with van der Waals surface area (Å²) in [4.78, 5) is 0.486. The number of hydrogen-bond donors (Lipinski definition) is 1. The molecule has 1 aromatic rings. The van der Waals surface area contributed by atoms with Crippen molar-refractivity contribution in [2.45, 2.75) is 18.2 Å². The molecule has 0 aromatic heterocycles. The fourth-order valence-corrected chi connectivity index (χ4v) is 1.81. The first-order chi connectivity index (χ1) is 6.15. The number of allylic oxidation sites excluding steroid dienone is 1. The highest BCUT2D eigenvalue weighted by atomic mass is 32.2. The van der Waals surface area contributed by atoms with Crippen LogP contribution >= 0.6 is 0 Å². The Labute approximate surface area is 80.6 Å². The lowest BCUT2D eigenvalue weighted by molar-refractivity contribution is 0.563. The average molecular weight is 196 g/mol. The molecule has 1 N–H and O–H groups in total. The van der Waals surface area contributed by atoms with Crippen molar-refractivity contribution in [2.75, 3.05) is 0 Å². The summed E-state index contributed by atoms with van der Waals surface area (Å²) < 4.78 is 19.9. The number of aryl methyl sites for hydroxylation is 1. The molecular formula is C10H12O2S. The van der Waals surface area contributed by atoms with E-state index in [-0.39, 0.29) is 0 Å². The maximum atomic E-state index is 10.9. The van der Waals surface area contributed by atoms with Crippen molar-refractivity contribution in [2.24, 2.45) is 0 Å². The Bertz CT molecular complexity index is 345. The summed E-state index contributed by atoms with van der Waals surface area (Å²) >= 11 is -1.90. The number of hydrogen-bond acceptors (Lipinski definition) is 1. The van der Waals surface area contributed by atoms with Gasteiger partial charge in [-0.3, -0.25) is 0 Å². The molecule has 0 aliphatic heterocycles. The zero-order valence-electron chi connectivity index (χ0n) is 7.49. The fraction of sp³-hybridized carbons (Fsp3) is 0.200. The van der Waals surface area contributed by atoms with E-state index in [1.54, 1.807) is 12.1 Å². The van der Waals surface area contributed by atoms with E-state index in [9.17, 15) is 4.21 Å². The average Bonchev–Trinajstić information content (AvgIpc) is 2.08. The molecule has 0 saturated carbocycles. The van der Waals surface area contributed by atoms with Crippen molar-refractivity contribution in [3.8, 4) is 0 Å². The van der Waals surface area contributed by atoms with Crippen LogP contribution in [0.1, 0.15) is 11.1 Å². The topological polar surface area (TPSA) is 37.3 Å². The molecule has 0 aliphatic carbocycles. The first-order valence-corrected chi connectivity index (χ1v) is 5.07. The van der Waals surface area contributed by atoms with Crippen LogP contribution in [0, 0.1) is 6.92 Å². The van der Waals surface area contributed by atoms with Crippen molar-refractivity contribution in [1.82, 2.24) is 0 Å². The van der Waals surface area contributed by atoms with Gasteiger partial charge in [0.2, 0.25) is 0 Å². The lowest BCUT2D eigenvalue weighted by Gasteiger charge is -2.04. The Morgan fingerprint density at radius 3 is 2.85 bits per heavy atom. The Balaban J connectivity index is 3.17. The number of benzene rings is 1. The Kier molecular flexibility index (Phi) is 3.39. The predicted molar refractivity (Wildman–Crippen MR) is 54.1 cm³/mol. The second kappa shape index (κ2) is 4.35. The van der Waals surface area contributed by atoms with Crippen molar-refractivity contribution in [3.05, 3.63) is 42.0 Å². The van der Waals surface area contributed by atoms with Crippen LogP contribution in [0.25, 0.3) is 0 Å². The van der Waals surface area contributed by atoms with Gasteiger partial charge >= 0.3 is 0 Å². The quantitative estimate of drug-likeness (QED) is 0.595. The van der Waals surface area contributed by atoms with Gasteiger partial charge < -0.3 is 4.55 Å². The molecule has 0 heterocycles. The van der Waals surface area contributed by atoms with Crippen molar-refractivity contribution < 1.29 is 8.76 Å². The maximum Gasteiger partial charge on any atom is 0.186 e. The molecule has 70 valence electrons. The molecule has 0 bridgehead atoms. The van der Waals surface area contributed by atoms with Gasteiger partial charge in [-0.15, -0.1) is 6.58 Å². The van der Waals surface area contributed by atoms with Crippen LogP contribution in [0.2, 0.25) is 0 Å². The highest BCUT2D eigenvalue weighted by Crippen LogP contribution is 2.15. The minimum Gasteiger partial charge on any atom is -0.302 e. The zero-order chi connectivity index (χ0) is 9.84. The van der Waals surface area contributed by atoms with E-state index < -0.39 is 11.1 Å². The minimum absolute atomic E-state index is 0.486. The third-order valence-corrected chi connectivity index (χ3v) is 2.53. The van der Waals surface area contributed by atoms with Gasteiger partial charge in [-0.2, -0.15) is 0 Å². The Hall–Kier alpha value is -0.930. The Morgan fingerprint density at radius 2 is 2.31 bits per heavy atom. The summed E-state index contributed by atoms with van der Waals surface area (Å²) in [6.45, 7) is 5.50. The molecule has 2 nitrogen and oxygen atoms in total. The summed E-state index contributed by atoms with van der Waals surface area (Å²) in [6, 6.07) is 5.52. The summed E-state index contributed by atoms with van der Waals surface area (Å²) in [5.74, 6) is 0. The van der Waals surface area contributed by atoms with Gasteiger partial charge in [0.05, 0.1) is 4.90 Å². The third-order valence-electron chi connectivity index (χ3n) is 1.78. The standard InChI is InChI=1S/C10H12O2S/c1-3-4-9-6-5-8(2)7-10(9)13(11)12/h3,5-7H,1,4H2,2H3,(H,11,12). The van der Waals surface area contributed by atoms with E-state index in [2.05, 4.69) is 6.58 Å². The van der Waals surface area contributed by atoms with Crippen LogP contribution in [0.3, 0.4) is 0 Å². The highest BCUT2D eigenvalue weighted by Gasteiger charge is 2.06. The van der Waals surface area contributed by atoms with Crippen LogP contribution in [-0.4, -0.2) is 8.76 Å². The molecule has 1 aromatic carbocycles. The van der Waals surface area contributed by atoms with Crippen LogP contribution < -0.4 is 0 Å². The van der Waals surface area contributed by atoms with Crippen LogP contribution in [0.15, 0.2) is 35.7 Å². The molecule has 0 spiro atoms. The fourth-order valence-electron chi connectivity index (χ4n) is 1.15. The van der Waals surface area contributed by atoms with Gasteiger partial charge in [-0.1, -0.05) is 18.2 Å². The molecular weight excluding hydrogens is 184 g/mol. The summed E-state index contributed by atoms with van der Waals surface area (Å²) in [5.41, 5.74) is 1.85. The monoisotopic (exact) mass is 196 g/mol. The molecule has 0 aliphatic rings. The molecule has 1 rings (SSSR count). The van der Waals surface area contributed by atoms with Crippen molar-refractivity contribution in [1.29, 1.82) is 0 Å². The Morgan fingerprint density at radius 1 is 1.62 bits per heavy atom. The number of rotatable bonds is 3. The summed E-state index contributed by atoms with van der Waals surface area (Å²) in [6.07, 6.45) is 2.35. The van der Waals surface area contributed by atoms with Crippen LogP contribution in [-0.2, 0) is 17.5 Å². The van der Waals surface area contributed by atoms with Gasteiger partial charge in [0.25, 0.3) is 0 Å². The lowest BCUT2D eigenvalue weighted by Crippen LogP contribution is -1.96. The van der Waals surface area contributed by atoms with Crippen molar-refractivity contribution >= 4 is 11.1 Å². The van der Waals surface area contributed by atoms with E-state index in [0.29, 0.717) is 11.3 Å². The van der Waals surface area contributed by atoms with Crippen LogP contribution in [0.5, 0.6) is 0 Å². The normalized spacial score (nSPS) is 12.5. The van der Waals surface area contributed by atoms with Crippen molar-refractivity contribution in [3.63, 3.8) is 0 Å². The summed E-state index contributed by atoms with van der Waals surface area (Å²) in [5, 5.41) is 0. The van der Waals surface area contributed by atoms with E-state index in [1.165, 1.54) is 0 Å². The first kappa shape index (κ1) is 10.2. The maximum absolute atomic E-state index is 10.9. The molecule has 1 unspecified atom stereocenters. The van der Waals surface area contributed by atoms with Gasteiger partial charge in [-0.05, 0) is 30.5 Å². The van der Waals surface area contributed by atoms with Crippen LogP contribution in [0.4, 0.5) is 0 Å².